The number of benzene rings is 4. The number of Topliss-reactive ketones (excluding diaryl/α,β-unsaturated/α-hetero) is 3. The van der Waals surface area contributed by atoms with Gasteiger partial charge in [0.15, 0.2) is 0 Å². The maximum absolute atomic E-state index is 9.83. The number of aromatic nitrogens is 2. The van der Waals surface area contributed by atoms with Gasteiger partial charge in [0.2, 0.25) is 0 Å². The number of fused-ring (bicyclic) bond motifs is 6. The molecule has 12 heteroatoms. The van der Waals surface area contributed by atoms with Crippen LogP contribution in [0.25, 0.3) is 43.4 Å². The van der Waals surface area contributed by atoms with Gasteiger partial charge in [-0.25, -0.2) is 0 Å². The van der Waals surface area contributed by atoms with Crippen LogP contribution in [0.15, 0.2) is 109 Å². The Balaban J connectivity index is 0.000000327. The van der Waals surface area contributed by atoms with E-state index in [4.69, 9.17) is 0 Å². The Bertz CT molecular complexity index is 1780. The van der Waals surface area contributed by atoms with Gasteiger partial charge in [-0.3, -0.25) is 24.4 Å². The second-order valence-corrected chi connectivity index (χ2v) is 10.5. The number of ketones is 3. The maximum Gasteiger partial charge on any atom is 3.00 e. The normalized spacial score (nSPS) is 9.50. The predicted molar refractivity (Wildman–Crippen MR) is 179 cm³/mol. The number of hydrogen-bond donors (Lipinski definition) is 0. The monoisotopic (exact) mass is 763 g/mol. The first-order valence-electron chi connectivity index (χ1n) is 14.8. The number of aliphatic carboxylic acids is 3. The van der Waals surface area contributed by atoms with Crippen LogP contribution in [0.5, 0.6) is 0 Å². The molecule has 0 aliphatic heterocycles. The molecule has 0 fully saturated rings. The van der Waals surface area contributed by atoms with Crippen molar-refractivity contribution < 1.29 is 63.6 Å². The summed E-state index contributed by atoms with van der Waals surface area (Å²) in [6, 6.07) is 33.3. The minimum atomic E-state index is -1.31. The molecule has 50 heavy (non-hydrogen) atoms. The first-order valence-corrected chi connectivity index (χ1v) is 14.8. The van der Waals surface area contributed by atoms with Crippen molar-refractivity contribution in [2.75, 3.05) is 0 Å². The SMILES string of the molecule is CC(=O)CC(=O)[O-].CC(=O)CC(=O)[O-].CC(=O)CC(=O)[O-].[Ru+3].c1ccc2c(c1)ccc1cccnc12.c1ccc2c(c1)ccc1cccnc12. The molecule has 11 nitrogen and oxygen atoms in total. The van der Waals surface area contributed by atoms with E-state index in [-0.39, 0.29) is 36.8 Å². The van der Waals surface area contributed by atoms with Gasteiger partial charge < -0.3 is 29.7 Å². The van der Waals surface area contributed by atoms with Crippen LogP contribution in [0.3, 0.4) is 0 Å². The Morgan fingerprint density at radius 1 is 0.440 bits per heavy atom. The summed E-state index contributed by atoms with van der Waals surface area (Å²) < 4.78 is 0. The van der Waals surface area contributed by atoms with Crippen LogP contribution in [0.4, 0.5) is 0 Å². The van der Waals surface area contributed by atoms with Crippen LogP contribution in [0.2, 0.25) is 0 Å². The zero-order valence-corrected chi connectivity index (χ0v) is 29.2. The molecule has 0 spiro atoms. The van der Waals surface area contributed by atoms with Crippen LogP contribution < -0.4 is 15.3 Å². The van der Waals surface area contributed by atoms with Crippen molar-refractivity contribution in [1.82, 2.24) is 9.97 Å². The minimum Gasteiger partial charge on any atom is -0.550 e. The van der Waals surface area contributed by atoms with Gasteiger partial charge in [0.1, 0.15) is 17.3 Å². The fraction of sp³-hybridized carbons (Fsp3) is 0.158. The number of nitrogens with zero attached hydrogens (tertiary/aromatic N) is 2. The zero-order valence-electron chi connectivity index (χ0n) is 27.4. The molecule has 0 atom stereocenters. The van der Waals surface area contributed by atoms with Crippen LogP contribution in [-0.2, 0) is 48.2 Å². The van der Waals surface area contributed by atoms with Crippen molar-refractivity contribution >= 4 is 78.6 Å². The van der Waals surface area contributed by atoms with E-state index >= 15 is 0 Å². The first-order chi connectivity index (χ1) is 23.3. The Kier molecular flexibility index (Phi) is 18.6. The summed E-state index contributed by atoms with van der Waals surface area (Å²) in [6.07, 6.45) is 2.27. The van der Waals surface area contributed by atoms with Crippen molar-refractivity contribution in [3.63, 3.8) is 0 Å². The van der Waals surface area contributed by atoms with Crippen LogP contribution in [0, 0.1) is 0 Å². The average Bonchev–Trinajstić information content (AvgIpc) is 3.04. The van der Waals surface area contributed by atoms with Crippen LogP contribution >= 0.6 is 0 Å². The van der Waals surface area contributed by atoms with Gasteiger partial charge in [0.25, 0.3) is 0 Å². The third-order valence-corrected chi connectivity index (χ3v) is 6.17. The Labute approximate surface area is 300 Å². The minimum absolute atomic E-state index is 0. The fourth-order valence-electron chi connectivity index (χ4n) is 4.24. The number of pyridine rings is 2. The Morgan fingerprint density at radius 2 is 0.720 bits per heavy atom. The van der Waals surface area contributed by atoms with Gasteiger partial charge in [-0.1, -0.05) is 84.9 Å². The number of carboxylic acids is 3. The molecular formula is C38H33N2O9Ru. The first kappa shape index (κ1) is 42.3. The summed E-state index contributed by atoms with van der Waals surface area (Å²) >= 11 is 0. The van der Waals surface area contributed by atoms with Gasteiger partial charge in [-0.15, -0.1) is 0 Å². The number of carbonyl (C=O) groups is 6. The molecule has 4 aromatic carbocycles. The molecular weight excluding hydrogens is 729 g/mol. The Morgan fingerprint density at radius 3 is 1.00 bits per heavy atom. The third kappa shape index (κ3) is 15.4. The molecule has 6 aromatic rings. The van der Waals surface area contributed by atoms with E-state index < -0.39 is 37.2 Å². The summed E-state index contributed by atoms with van der Waals surface area (Å²) in [5.41, 5.74) is 2.18. The Hall–Kier alpha value is -5.74. The van der Waals surface area contributed by atoms with Crippen molar-refractivity contribution in [2.24, 2.45) is 0 Å². The maximum atomic E-state index is 9.83. The van der Waals surface area contributed by atoms with E-state index in [1.165, 1.54) is 53.1 Å². The molecule has 1 radical (unpaired) electrons. The molecule has 0 bridgehead atoms. The second kappa shape index (κ2) is 22.0. The van der Waals surface area contributed by atoms with Gasteiger partial charge in [-0.05, 0) is 43.7 Å². The van der Waals surface area contributed by atoms with Crippen molar-refractivity contribution in [1.29, 1.82) is 0 Å². The molecule has 0 saturated heterocycles. The molecule has 0 unspecified atom stereocenters. The van der Waals surface area contributed by atoms with Crippen LogP contribution in [-0.4, -0.2) is 45.2 Å². The largest absolute Gasteiger partial charge is 3.00 e. The predicted octanol–water partition coefficient (Wildman–Crippen LogP) is 2.92. The number of carbonyl (C=O) groups excluding carboxylic acids is 6. The van der Waals surface area contributed by atoms with Gasteiger partial charge in [0, 0.05) is 71.1 Å². The summed E-state index contributed by atoms with van der Waals surface area (Å²) in [5.74, 6) is -5.06. The van der Waals surface area contributed by atoms with Crippen LogP contribution in [0.1, 0.15) is 40.0 Å². The number of rotatable bonds is 6. The van der Waals surface area contributed by atoms with E-state index in [2.05, 4.69) is 94.9 Å². The van der Waals surface area contributed by atoms with E-state index in [1.807, 2.05) is 24.5 Å². The van der Waals surface area contributed by atoms with Crippen molar-refractivity contribution in [3.8, 4) is 0 Å². The molecule has 0 aliphatic rings. The molecule has 2 heterocycles. The smallest absolute Gasteiger partial charge is 0.550 e. The van der Waals surface area contributed by atoms with Crippen molar-refractivity contribution in [2.45, 2.75) is 40.0 Å². The molecule has 0 aliphatic carbocycles. The quantitative estimate of drug-likeness (QED) is 0.137. The van der Waals surface area contributed by atoms with E-state index in [0.29, 0.717) is 0 Å². The standard InChI is InChI=1S/2C13H9N.3C4H6O3.Ru/c2*1-2-6-12-10(4-1)7-8-11-5-3-9-14-13(11)12;3*1-3(5)2-4(6)7;/h2*1-9H;3*2H2,1H3,(H,6,7);/q;;;;;+3/p-3. The van der Waals surface area contributed by atoms with Gasteiger partial charge >= 0.3 is 19.5 Å². The van der Waals surface area contributed by atoms with Crippen molar-refractivity contribution in [3.05, 3.63) is 109 Å². The summed E-state index contributed by atoms with van der Waals surface area (Å²) in [5, 5.41) is 35.8. The summed E-state index contributed by atoms with van der Waals surface area (Å²) in [4.78, 5) is 66.8. The molecule has 0 saturated carbocycles. The van der Waals surface area contributed by atoms with E-state index in [0.717, 1.165) is 11.0 Å². The molecule has 6 rings (SSSR count). The van der Waals surface area contributed by atoms with E-state index in [1.54, 1.807) is 0 Å². The molecule has 2 aromatic heterocycles. The summed E-state index contributed by atoms with van der Waals surface area (Å²) in [6.45, 7) is 3.61. The second-order valence-electron chi connectivity index (χ2n) is 10.5. The third-order valence-electron chi connectivity index (χ3n) is 6.17. The van der Waals surface area contributed by atoms with E-state index in [9.17, 15) is 44.1 Å². The van der Waals surface area contributed by atoms with Gasteiger partial charge in [-0.2, -0.15) is 0 Å². The molecule has 0 amide bonds. The number of hydrogen-bond acceptors (Lipinski definition) is 11. The average molecular weight is 763 g/mol. The molecule has 257 valence electrons. The fourth-order valence-corrected chi connectivity index (χ4v) is 4.24. The molecule has 0 N–H and O–H groups in total. The number of carboxylic acid groups (broad SMARTS) is 3. The summed E-state index contributed by atoms with van der Waals surface area (Å²) in [7, 11) is 0. The topological polar surface area (TPSA) is 197 Å². The zero-order chi connectivity index (χ0) is 36.3. The van der Waals surface area contributed by atoms with Gasteiger partial charge in [0.05, 0.1) is 11.0 Å².